The van der Waals surface area contributed by atoms with Gasteiger partial charge in [0.25, 0.3) is 0 Å². The maximum atomic E-state index is 11.5. The van der Waals surface area contributed by atoms with E-state index in [1.165, 1.54) is 11.8 Å². The van der Waals surface area contributed by atoms with Crippen LogP contribution in [0, 0.1) is 6.92 Å². The summed E-state index contributed by atoms with van der Waals surface area (Å²) in [5, 5.41) is 11.2. The molecule has 0 aliphatic carbocycles. The van der Waals surface area contributed by atoms with Crippen molar-refractivity contribution in [3.8, 4) is 5.75 Å². The molecule has 38 heavy (non-hydrogen) atoms. The Hall–Kier alpha value is -3.15. The van der Waals surface area contributed by atoms with E-state index in [1.807, 2.05) is 37.3 Å². The second-order valence-electron chi connectivity index (χ2n) is 9.62. The summed E-state index contributed by atoms with van der Waals surface area (Å²) in [6.45, 7) is 12.6. The summed E-state index contributed by atoms with van der Waals surface area (Å²) in [5.41, 5.74) is 1.95. The maximum absolute atomic E-state index is 11.5. The molecule has 204 valence electrons. The number of Topliss-reactive ketones (excluding diaryl/α,β-unsaturated/α-hetero) is 1. The fourth-order valence-corrected chi connectivity index (χ4v) is 5.03. The molecule has 1 aromatic carbocycles. The van der Waals surface area contributed by atoms with E-state index in [-0.39, 0.29) is 5.78 Å². The molecule has 1 aliphatic heterocycles. The standard InChI is InChI=1S/C27H38N8O2S/c1-6-33(4)11-12-34-13-15-35(16-14-34)26-24(37-5)25(28-23-17-19(2)31-32-23)29-27(30-26)38-22-9-7-21(8-10-22)18-20(3)36/h7-10,17H,6,11-16,18H2,1-5H3,(H2,28,29,30,31,32). The predicted molar refractivity (Wildman–Crippen MR) is 152 cm³/mol. The normalized spacial score (nSPS) is 14.2. The number of nitrogens with one attached hydrogen (secondary N) is 2. The van der Waals surface area contributed by atoms with Crippen LogP contribution in [0.15, 0.2) is 40.4 Å². The number of aromatic amines is 1. The number of aromatic nitrogens is 4. The molecule has 2 aromatic heterocycles. The fourth-order valence-electron chi connectivity index (χ4n) is 4.28. The van der Waals surface area contributed by atoms with Crippen molar-refractivity contribution in [2.75, 3.05) is 70.2 Å². The van der Waals surface area contributed by atoms with Gasteiger partial charge in [-0.25, -0.2) is 9.97 Å². The van der Waals surface area contributed by atoms with E-state index in [0.29, 0.717) is 29.0 Å². The van der Waals surface area contributed by atoms with Gasteiger partial charge in [-0.05, 0) is 56.9 Å². The molecule has 2 N–H and O–H groups in total. The van der Waals surface area contributed by atoms with Gasteiger partial charge in [0.2, 0.25) is 5.75 Å². The number of ketones is 1. The van der Waals surface area contributed by atoms with Crippen LogP contribution in [0.3, 0.4) is 0 Å². The number of nitrogens with zero attached hydrogens (tertiary/aromatic N) is 6. The Kier molecular flexibility index (Phi) is 9.59. The number of methoxy groups -OCH3 is 1. The summed E-state index contributed by atoms with van der Waals surface area (Å²) < 4.78 is 5.86. The molecule has 11 heteroatoms. The molecule has 4 rings (SSSR count). The topological polar surface area (TPSA) is 103 Å². The number of carbonyl (C=O) groups is 1. The molecule has 0 amide bonds. The number of aryl methyl sites for hydroxylation is 1. The van der Waals surface area contributed by atoms with E-state index < -0.39 is 0 Å². The highest BCUT2D eigenvalue weighted by molar-refractivity contribution is 7.99. The summed E-state index contributed by atoms with van der Waals surface area (Å²) in [7, 11) is 3.81. The monoisotopic (exact) mass is 538 g/mol. The van der Waals surface area contributed by atoms with E-state index in [2.05, 4.69) is 44.2 Å². The van der Waals surface area contributed by atoms with E-state index in [0.717, 1.165) is 67.8 Å². The Labute approximate surface area is 229 Å². The fraction of sp³-hybridized carbons (Fsp3) is 0.481. The molecule has 3 heterocycles. The van der Waals surface area contributed by atoms with Crippen LogP contribution in [-0.2, 0) is 11.2 Å². The molecule has 0 unspecified atom stereocenters. The summed E-state index contributed by atoms with van der Waals surface area (Å²) in [5.74, 6) is 2.77. The third-order valence-electron chi connectivity index (χ3n) is 6.58. The molecule has 0 spiro atoms. The quantitative estimate of drug-likeness (QED) is 0.333. The second-order valence-corrected chi connectivity index (χ2v) is 10.7. The van der Waals surface area contributed by atoms with Crippen molar-refractivity contribution in [3.05, 3.63) is 41.6 Å². The number of piperazine rings is 1. The van der Waals surface area contributed by atoms with E-state index in [4.69, 9.17) is 14.7 Å². The third-order valence-corrected chi connectivity index (χ3v) is 7.45. The van der Waals surface area contributed by atoms with Gasteiger partial charge in [0.1, 0.15) is 5.78 Å². The van der Waals surface area contributed by atoms with Crippen molar-refractivity contribution in [2.24, 2.45) is 0 Å². The molecular formula is C27H38N8O2S. The highest BCUT2D eigenvalue weighted by atomic mass is 32.2. The van der Waals surface area contributed by atoms with Gasteiger partial charge in [0.15, 0.2) is 22.6 Å². The molecule has 0 radical (unpaired) electrons. The summed E-state index contributed by atoms with van der Waals surface area (Å²) in [4.78, 5) is 29.3. The lowest BCUT2D eigenvalue weighted by Gasteiger charge is -2.36. The second kappa shape index (κ2) is 13.1. The number of H-pyrrole nitrogens is 1. The van der Waals surface area contributed by atoms with Crippen LogP contribution in [0.1, 0.15) is 25.1 Å². The summed E-state index contributed by atoms with van der Waals surface area (Å²) in [6, 6.07) is 9.90. The number of ether oxygens (including phenoxy) is 1. The minimum Gasteiger partial charge on any atom is -0.490 e. The van der Waals surface area contributed by atoms with Gasteiger partial charge in [0.05, 0.1) is 7.11 Å². The number of hydrogen-bond donors (Lipinski definition) is 2. The summed E-state index contributed by atoms with van der Waals surface area (Å²) >= 11 is 1.48. The van der Waals surface area contributed by atoms with Gasteiger partial charge in [-0.15, -0.1) is 0 Å². The minimum atomic E-state index is 0.148. The molecule has 10 nitrogen and oxygen atoms in total. The first-order chi connectivity index (χ1) is 18.3. The van der Waals surface area contributed by atoms with Gasteiger partial charge < -0.3 is 19.9 Å². The molecule has 0 atom stereocenters. The number of anilines is 3. The predicted octanol–water partition coefficient (Wildman–Crippen LogP) is 3.62. The number of rotatable bonds is 12. The Morgan fingerprint density at radius 3 is 2.53 bits per heavy atom. The number of likely N-dealkylation sites (N-methyl/N-ethyl adjacent to an activating group) is 1. The first-order valence-corrected chi connectivity index (χ1v) is 13.8. The van der Waals surface area contributed by atoms with Crippen LogP contribution in [0.25, 0.3) is 0 Å². The molecule has 3 aromatic rings. The maximum Gasteiger partial charge on any atom is 0.204 e. The first kappa shape index (κ1) is 27.9. The molecule has 0 bridgehead atoms. The highest BCUT2D eigenvalue weighted by Gasteiger charge is 2.25. The van der Waals surface area contributed by atoms with Gasteiger partial charge in [0, 0.05) is 62.3 Å². The molecule has 0 saturated carbocycles. The number of hydrogen-bond acceptors (Lipinski definition) is 10. The van der Waals surface area contributed by atoms with Crippen LogP contribution >= 0.6 is 11.8 Å². The van der Waals surface area contributed by atoms with Crippen LogP contribution in [0.5, 0.6) is 5.75 Å². The van der Waals surface area contributed by atoms with Gasteiger partial charge in [-0.3, -0.25) is 14.8 Å². The Morgan fingerprint density at radius 2 is 1.92 bits per heavy atom. The highest BCUT2D eigenvalue weighted by Crippen LogP contribution is 2.38. The van der Waals surface area contributed by atoms with Crippen LogP contribution in [-0.4, -0.2) is 95.7 Å². The van der Waals surface area contributed by atoms with E-state index in [1.54, 1.807) is 14.0 Å². The van der Waals surface area contributed by atoms with E-state index >= 15 is 0 Å². The average Bonchev–Trinajstić information content (AvgIpc) is 3.32. The van der Waals surface area contributed by atoms with Crippen molar-refractivity contribution >= 4 is 35.0 Å². The van der Waals surface area contributed by atoms with Crippen molar-refractivity contribution in [3.63, 3.8) is 0 Å². The molecular weight excluding hydrogens is 500 g/mol. The Morgan fingerprint density at radius 1 is 1.18 bits per heavy atom. The van der Waals surface area contributed by atoms with Gasteiger partial charge in [-0.2, -0.15) is 5.10 Å². The summed E-state index contributed by atoms with van der Waals surface area (Å²) in [6.07, 6.45) is 0.436. The zero-order chi connectivity index (χ0) is 27.1. The van der Waals surface area contributed by atoms with Crippen molar-refractivity contribution in [2.45, 2.75) is 37.2 Å². The number of benzene rings is 1. The Bertz CT molecular complexity index is 1210. The van der Waals surface area contributed by atoms with Gasteiger partial charge in [-0.1, -0.05) is 19.1 Å². The van der Waals surface area contributed by atoms with Crippen molar-refractivity contribution in [1.82, 2.24) is 30.0 Å². The smallest absolute Gasteiger partial charge is 0.204 e. The minimum absolute atomic E-state index is 0.148. The zero-order valence-electron chi connectivity index (χ0n) is 23.0. The Balaban J connectivity index is 1.58. The van der Waals surface area contributed by atoms with Crippen molar-refractivity contribution < 1.29 is 9.53 Å². The lowest BCUT2D eigenvalue weighted by molar-refractivity contribution is -0.116. The lowest BCUT2D eigenvalue weighted by Crippen LogP contribution is -2.48. The average molecular weight is 539 g/mol. The largest absolute Gasteiger partial charge is 0.490 e. The van der Waals surface area contributed by atoms with Crippen LogP contribution in [0.2, 0.25) is 0 Å². The number of carbonyl (C=O) groups excluding carboxylic acids is 1. The van der Waals surface area contributed by atoms with Crippen LogP contribution in [0.4, 0.5) is 17.5 Å². The molecule has 1 saturated heterocycles. The van der Waals surface area contributed by atoms with Gasteiger partial charge >= 0.3 is 0 Å². The first-order valence-electron chi connectivity index (χ1n) is 13.0. The molecule has 1 aliphatic rings. The molecule has 1 fully saturated rings. The van der Waals surface area contributed by atoms with E-state index in [9.17, 15) is 4.79 Å². The zero-order valence-corrected chi connectivity index (χ0v) is 23.8. The lowest BCUT2D eigenvalue weighted by atomic mass is 10.1. The van der Waals surface area contributed by atoms with Crippen LogP contribution < -0.4 is 15.0 Å². The third kappa shape index (κ3) is 7.46. The SMILES string of the molecule is CCN(C)CCN1CCN(c2nc(Sc3ccc(CC(C)=O)cc3)nc(Nc3cc(C)[nH]n3)c2OC)CC1. The van der Waals surface area contributed by atoms with Crippen molar-refractivity contribution in [1.29, 1.82) is 0 Å².